The van der Waals surface area contributed by atoms with Crippen molar-refractivity contribution in [3.63, 3.8) is 0 Å². The van der Waals surface area contributed by atoms with Gasteiger partial charge in [0.2, 0.25) is 0 Å². The van der Waals surface area contributed by atoms with Crippen molar-refractivity contribution < 1.29 is 9.53 Å². The maximum Gasteiger partial charge on any atom is 0.254 e. The van der Waals surface area contributed by atoms with E-state index in [0.29, 0.717) is 30.5 Å². The third-order valence-corrected chi connectivity index (χ3v) is 3.47. The number of morpholine rings is 1. The molecule has 0 unspecified atom stereocenters. The van der Waals surface area contributed by atoms with Gasteiger partial charge in [-0.2, -0.15) is 0 Å². The lowest BCUT2D eigenvalue weighted by molar-refractivity contribution is 0.00358. The molecule has 1 aliphatic heterocycles. The molecule has 0 aliphatic carbocycles. The molecule has 0 N–H and O–H groups in total. The molecule has 0 bridgehead atoms. The van der Waals surface area contributed by atoms with E-state index in [4.69, 9.17) is 16.3 Å². The fraction of sp³-hybridized carbons (Fsp3) is 0.571. The molecule has 1 aromatic rings. The third-order valence-electron chi connectivity index (χ3n) is 3.28. The van der Waals surface area contributed by atoms with Gasteiger partial charge in [-0.3, -0.25) is 4.79 Å². The maximum atomic E-state index is 12.5. The third kappa shape index (κ3) is 3.25. The fourth-order valence-corrected chi connectivity index (χ4v) is 2.35. The second-order valence-electron chi connectivity index (χ2n) is 5.18. The van der Waals surface area contributed by atoms with E-state index in [-0.39, 0.29) is 17.9 Å². The Bertz CT molecular complexity index is 477. The number of amides is 1. The normalized spacial score (nSPS) is 19.8. The molecule has 4 nitrogen and oxygen atoms in total. The molecule has 5 heteroatoms. The van der Waals surface area contributed by atoms with Crippen LogP contribution in [0.4, 0.5) is 0 Å². The number of hydrogen-bond donors (Lipinski definition) is 0. The molecule has 1 amide bonds. The average molecular weight is 283 g/mol. The minimum Gasteiger partial charge on any atom is -0.377 e. The molecule has 0 aromatic carbocycles. The van der Waals surface area contributed by atoms with E-state index in [9.17, 15) is 4.79 Å². The first kappa shape index (κ1) is 14.3. The molecule has 1 aromatic heterocycles. The number of aromatic nitrogens is 1. The van der Waals surface area contributed by atoms with E-state index in [2.05, 4.69) is 4.98 Å². The summed E-state index contributed by atoms with van der Waals surface area (Å²) in [5, 5.41) is 0.371. The van der Waals surface area contributed by atoms with Crippen LogP contribution in [0.2, 0.25) is 5.15 Å². The van der Waals surface area contributed by atoms with Crippen molar-refractivity contribution in [1.82, 2.24) is 9.88 Å². The molecular weight excluding hydrogens is 264 g/mol. The number of pyridine rings is 1. The Balaban J connectivity index is 2.27. The zero-order valence-corrected chi connectivity index (χ0v) is 12.3. The molecule has 19 heavy (non-hydrogen) atoms. The molecule has 1 saturated heterocycles. The lowest BCUT2D eigenvalue weighted by atomic mass is 10.1. The summed E-state index contributed by atoms with van der Waals surface area (Å²) in [6.07, 6.45) is 0. The molecule has 0 radical (unpaired) electrons. The van der Waals surface area contributed by atoms with Crippen LogP contribution in [-0.4, -0.2) is 41.6 Å². The standard InChI is InChI=1S/C14H19ClN2O2/c1-9(2)12-6-11(7-13(15)16-12)14(18)17-4-5-19-8-10(17)3/h6-7,9-10H,4-5,8H2,1-3H3/t10-/m1/s1. The van der Waals surface area contributed by atoms with Crippen LogP contribution in [0.1, 0.15) is 42.7 Å². The van der Waals surface area contributed by atoms with Gasteiger partial charge in [0.1, 0.15) is 5.15 Å². The van der Waals surface area contributed by atoms with Gasteiger partial charge in [-0.15, -0.1) is 0 Å². The van der Waals surface area contributed by atoms with Gasteiger partial charge in [-0.05, 0) is 25.0 Å². The summed E-state index contributed by atoms with van der Waals surface area (Å²) in [6.45, 7) is 7.85. The van der Waals surface area contributed by atoms with Crippen molar-refractivity contribution in [2.24, 2.45) is 0 Å². The summed E-state index contributed by atoms with van der Waals surface area (Å²) in [5.74, 6) is 0.245. The van der Waals surface area contributed by atoms with Gasteiger partial charge in [-0.25, -0.2) is 4.98 Å². The fourth-order valence-electron chi connectivity index (χ4n) is 2.13. The Hall–Kier alpha value is -1.13. The van der Waals surface area contributed by atoms with Gasteiger partial charge in [-0.1, -0.05) is 25.4 Å². The van der Waals surface area contributed by atoms with Crippen molar-refractivity contribution in [2.45, 2.75) is 32.7 Å². The van der Waals surface area contributed by atoms with Crippen molar-refractivity contribution >= 4 is 17.5 Å². The lowest BCUT2D eigenvalue weighted by Gasteiger charge is -2.33. The summed E-state index contributed by atoms with van der Waals surface area (Å²) in [5.41, 5.74) is 1.45. The second kappa shape index (κ2) is 5.88. The van der Waals surface area contributed by atoms with Gasteiger partial charge >= 0.3 is 0 Å². The highest BCUT2D eigenvalue weighted by molar-refractivity contribution is 6.29. The Morgan fingerprint density at radius 1 is 1.53 bits per heavy atom. The highest BCUT2D eigenvalue weighted by Crippen LogP contribution is 2.20. The van der Waals surface area contributed by atoms with E-state index in [1.165, 1.54) is 0 Å². The van der Waals surface area contributed by atoms with E-state index in [1.807, 2.05) is 31.7 Å². The summed E-state index contributed by atoms with van der Waals surface area (Å²) in [4.78, 5) is 18.6. The largest absolute Gasteiger partial charge is 0.377 e. The predicted molar refractivity (Wildman–Crippen MR) is 74.7 cm³/mol. The molecule has 1 aliphatic rings. The van der Waals surface area contributed by atoms with Crippen LogP contribution in [0.3, 0.4) is 0 Å². The van der Waals surface area contributed by atoms with Gasteiger partial charge in [0.15, 0.2) is 0 Å². The van der Waals surface area contributed by atoms with Crippen LogP contribution in [0.25, 0.3) is 0 Å². The SMILES string of the molecule is CC(C)c1cc(C(=O)N2CCOC[C@H]2C)cc(Cl)n1. The number of ether oxygens (including phenoxy) is 1. The first-order chi connectivity index (χ1) is 8.99. The first-order valence-electron chi connectivity index (χ1n) is 6.55. The van der Waals surface area contributed by atoms with Crippen molar-refractivity contribution in [2.75, 3.05) is 19.8 Å². The topological polar surface area (TPSA) is 42.4 Å². The lowest BCUT2D eigenvalue weighted by Crippen LogP contribution is -2.47. The predicted octanol–water partition coefficient (Wildman–Crippen LogP) is 2.72. The zero-order chi connectivity index (χ0) is 14.0. The quantitative estimate of drug-likeness (QED) is 0.783. The number of rotatable bonds is 2. The van der Waals surface area contributed by atoms with Gasteiger partial charge in [0.25, 0.3) is 5.91 Å². The minimum absolute atomic E-state index is 0.00185. The van der Waals surface area contributed by atoms with E-state index in [1.54, 1.807) is 6.07 Å². The number of carbonyl (C=O) groups is 1. The van der Waals surface area contributed by atoms with Gasteiger partial charge in [0, 0.05) is 17.8 Å². The Kier molecular flexibility index (Phi) is 4.42. The van der Waals surface area contributed by atoms with Crippen molar-refractivity contribution in [1.29, 1.82) is 0 Å². The smallest absolute Gasteiger partial charge is 0.254 e. The van der Waals surface area contributed by atoms with E-state index < -0.39 is 0 Å². The minimum atomic E-state index is 0.00185. The summed E-state index contributed by atoms with van der Waals surface area (Å²) in [6, 6.07) is 3.56. The summed E-state index contributed by atoms with van der Waals surface area (Å²) < 4.78 is 5.35. The molecule has 0 saturated carbocycles. The second-order valence-corrected chi connectivity index (χ2v) is 5.57. The van der Waals surface area contributed by atoms with E-state index >= 15 is 0 Å². The van der Waals surface area contributed by atoms with E-state index in [0.717, 1.165) is 5.69 Å². The van der Waals surface area contributed by atoms with Crippen molar-refractivity contribution in [3.05, 3.63) is 28.5 Å². The Labute approximate surface area is 118 Å². The highest BCUT2D eigenvalue weighted by Gasteiger charge is 2.25. The number of nitrogens with zero attached hydrogens (tertiary/aromatic N) is 2. The maximum absolute atomic E-state index is 12.5. The summed E-state index contributed by atoms with van der Waals surface area (Å²) in [7, 11) is 0. The molecule has 2 heterocycles. The van der Waals surface area contributed by atoms with Gasteiger partial charge in [0.05, 0.1) is 19.3 Å². The number of halogens is 1. The molecule has 0 spiro atoms. The van der Waals surface area contributed by atoms with Crippen LogP contribution >= 0.6 is 11.6 Å². The first-order valence-corrected chi connectivity index (χ1v) is 6.93. The van der Waals surface area contributed by atoms with Crippen LogP contribution in [0.15, 0.2) is 12.1 Å². The van der Waals surface area contributed by atoms with Crippen LogP contribution < -0.4 is 0 Å². The van der Waals surface area contributed by atoms with Gasteiger partial charge < -0.3 is 9.64 Å². The monoisotopic (exact) mass is 282 g/mol. The van der Waals surface area contributed by atoms with Crippen molar-refractivity contribution in [3.8, 4) is 0 Å². The average Bonchev–Trinajstić information content (AvgIpc) is 2.37. The molecule has 1 atom stereocenters. The Morgan fingerprint density at radius 2 is 2.26 bits per heavy atom. The molecular formula is C14H19ClN2O2. The number of carbonyl (C=O) groups excluding carboxylic acids is 1. The highest BCUT2D eigenvalue weighted by atomic mass is 35.5. The zero-order valence-electron chi connectivity index (χ0n) is 11.5. The molecule has 2 rings (SSSR count). The van der Waals surface area contributed by atoms with Crippen LogP contribution in [0.5, 0.6) is 0 Å². The van der Waals surface area contributed by atoms with Crippen LogP contribution in [0, 0.1) is 0 Å². The number of hydrogen-bond acceptors (Lipinski definition) is 3. The van der Waals surface area contributed by atoms with Crippen LogP contribution in [-0.2, 0) is 4.74 Å². The summed E-state index contributed by atoms with van der Waals surface area (Å²) >= 11 is 6.01. The molecule has 104 valence electrons. The molecule has 1 fully saturated rings. The Morgan fingerprint density at radius 3 is 2.89 bits per heavy atom.